The van der Waals surface area contributed by atoms with E-state index in [1.54, 1.807) is 48.5 Å². The molecule has 0 amide bonds. The van der Waals surface area contributed by atoms with Crippen LogP contribution >= 0.6 is 0 Å². The molecule has 0 spiro atoms. The normalized spacial score (nSPS) is 12.0. The van der Waals surface area contributed by atoms with Crippen molar-refractivity contribution in [3.63, 3.8) is 0 Å². The topological polar surface area (TPSA) is 86.3 Å². The van der Waals surface area contributed by atoms with Crippen LogP contribution in [-0.2, 0) is 0 Å². The molecule has 0 radical (unpaired) electrons. The van der Waals surface area contributed by atoms with Crippen molar-refractivity contribution in [3.8, 4) is 0 Å². The van der Waals surface area contributed by atoms with Gasteiger partial charge in [-0.05, 0) is 114 Å². The van der Waals surface area contributed by atoms with Crippen molar-refractivity contribution < 1.29 is 9.85 Å². The maximum atomic E-state index is 11.3. The summed E-state index contributed by atoms with van der Waals surface area (Å²) in [6, 6.07) is 62.9. The van der Waals surface area contributed by atoms with E-state index in [0.717, 1.165) is 77.6 Å². The van der Waals surface area contributed by atoms with Gasteiger partial charge in [0.1, 0.15) is 0 Å². The third kappa shape index (κ3) is 9.15. The van der Waals surface area contributed by atoms with Crippen LogP contribution in [0.5, 0.6) is 0 Å². The molecule has 6 nitrogen and oxygen atoms in total. The van der Waals surface area contributed by atoms with Crippen LogP contribution in [0.25, 0.3) is 58.4 Å². The second-order valence-corrected chi connectivity index (χ2v) is 14.2. The fourth-order valence-corrected chi connectivity index (χ4v) is 7.18. The molecule has 8 aromatic rings. The Labute approximate surface area is 348 Å². The van der Waals surface area contributed by atoms with Crippen LogP contribution in [0.4, 0.5) is 11.4 Å². The van der Waals surface area contributed by atoms with E-state index in [2.05, 4.69) is 121 Å². The van der Waals surface area contributed by atoms with Gasteiger partial charge in [-0.3, -0.25) is 20.2 Å². The molecule has 6 heteroatoms. The molecule has 0 aliphatic rings. The third-order valence-corrected chi connectivity index (χ3v) is 10.3. The first-order valence-electron chi connectivity index (χ1n) is 19.5. The lowest BCUT2D eigenvalue weighted by atomic mass is 9.95. The number of nitrogens with zero attached hydrogens (tertiary/aromatic N) is 2. The van der Waals surface area contributed by atoms with Crippen LogP contribution in [0.15, 0.2) is 194 Å². The summed E-state index contributed by atoms with van der Waals surface area (Å²) in [5, 5.41) is 24.9. The van der Waals surface area contributed by atoms with Gasteiger partial charge in [-0.1, -0.05) is 170 Å². The quantitative estimate of drug-likeness (QED) is 0.0702. The second kappa shape index (κ2) is 17.9. The predicted octanol–water partition coefficient (Wildman–Crippen LogP) is 14.2. The molecule has 0 bridgehead atoms. The molecule has 0 fully saturated rings. The van der Waals surface area contributed by atoms with Crippen molar-refractivity contribution in [2.45, 2.75) is 0 Å². The maximum absolute atomic E-state index is 11.3. The number of fused-ring (bicyclic) bond motifs is 1. The maximum Gasteiger partial charge on any atom is 0.269 e. The van der Waals surface area contributed by atoms with E-state index in [-0.39, 0.29) is 21.2 Å². The number of rotatable bonds is 12. The first-order chi connectivity index (χ1) is 29.4. The molecular weight excluding hydrogens is 741 g/mol. The molecular formula is C54H38N2O4. The minimum atomic E-state index is -0.382. The number of nitro groups is 2. The summed E-state index contributed by atoms with van der Waals surface area (Å²) in [6.45, 7) is 0. The Hall–Kier alpha value is -8.22. The number of nitro benzene ring substituents is 2. The van der Waals surface area contributed by atoms with E-state index in [1.807, 2.05) is 60.7 Å². The lowest BCUT2D eigenvalue weighted by Gasteiger charge is -2.10. The van der Waals surface area contributed by atoms with Crippen molar-refractivity contribution in [1.82, 2.24) is 0 Å². The van der Waals surface area contributed by atoms with Gasteiger partial charge in [0.25, 0.3) is 11.4 Å². The van der Waals surface area contributed by atoms with E-state index in [0.29, 0.717) is 0 Å². The van der Waals surface area contributed by atoms with Crippen LogP contribution < -0.4 is 0 Å². The van der Waals surface area contributed by atoms with Crippen LogP contribution in [0.1, 0.15) is 55.6 Å². The summed E-state index contributed by atoms with van der Waals surface area (Å²) >= 11 is 0. The summed E-state index contributed by atoms with van der Waals surface area (Å²) in [4.78, 5) is 21.8. The Morgan fingerprint density at radius 2 is 0.767 bits per heavy atom. The van der Waals surface area contributed by atoms with Crippen LogP contribution in [-0.4, -0.2) is 9.85 Å². The summed E-state index contributed by atoms with van der Waals surface area (Å²) in [5.74, 6) is 0. The number of hydrogen-bond acceptors (Lipinski definition) is 4. The first-order valence-corrected chi connectivity index (χ1v) is 19.5. The van der Waals surface area contributed by atoms with Crippen LogP contribution in [0.2, 0.25) is 0 Å². The molecule has 0 heterocycles. The van der Waals surface area contributed by atoms with E-state index >= 15 is 0 Å². The minimum Gasteiger partial charge on any atom is -0.258 e. The fourth-order valence-electron chi connectivity index (χ4n) is 7.18. The standard InChI is InChI=1S/C54H38N2O4/c57-55(58)49-32-28-47(29-33-49)53(43-9-3-1-4-10-43)37-41-19-15-39(16-20-41)23-25-46-27-26-45-13-7-8-14-51(45)52(46)36-24-40-17-21-42(22-18-40)38-54(44-11-5-2-6-12-44)48-30-34-50(35-31-48)56(59)60/h1-38H/b25-23+,36-24+,53-37+,54-38+. The van der Waals surface area contributed by atoms with Crippen molar-refractivity contribution in [1.29, 1.82) is 0 Å². The lowest BCUT2D eigenvalue weighted by Crippen LogP contribution is -1.91. The highest BCUT2D eigenvalue weighted by Crippen LogP contribution is 2.31. The molecule has 0 aliphatic carbocycles. The van der Waals surface area contributed by atoms with E-state index in [1.165, 1.54) is 0 Å². The summed E-state index contributed by atoms with van der Waals surface area (Å²) in [6.07, 6.45) is 12.8. The van der Waals surface area contributed by atoms with Gasteiger partial charge in [0.15, 0.2) is 0 Å². The average molecular weight is 779 g/mol. The third-order valence-electron chi connectivity index (χ3n) is 10.3. The molecule has 0 atom stereocenters. The zero-order valence-corrected chi connectivity index (χ0v) is 32.5. The molecule has 0 saturated carbocycles. The Balaban J connectivity index is 1.05. The van der Waals surface area contributed by atoms with Gasteiger partial charge in [-0.2, -0.15) is 0 Å². The molecule has 8 rings (SSSR count). The number of benzene rings is 8. The van der Waals surface area contributed by atoms with Gasteiger partial charge < -0.3 is 0 Å². The monoisotopic (exact) mass is 778 g/mol. The largest absolute Gasteiger partial charge is 0.269 e. The molecule has 0 N–H and O–H groups in total. The van der Waals surface area contributed by atoms with Crippen LogP contribution in [0.3, 0.4) is 0 Å². The van der Waals surface area contributed by atoms with Gasteiger partial charge in [0.2, 0.25) is 0 Å². The molecule has 8 aromatic carbocycles. The zero-order valence-electron chi connectivity index (χ0n) is 32.5. The van der Waals surface area contributed by atoms with Gasteiger partial charge in [-0.25, -0.2) is 0 Å². The summed E-state index contributed by atoms with van der Waals surface area (Å²) in [7, 11) is 0. The Bertz CT molecular complexity index is 2910. The second-order valence-electron chi connectivity index (χ2n) is 14.2. The van der Waals surface area contributed by atoms with E-state index < -0.39 is 0 Å². The first kappa shape index (κ1) is 38.6. The highest BCUT2D eigenvalue weighted by molar-refractivity contribution is 5.98. The number of non-ortho nitro benzene ring substituents is 2. The number of hydrogen-bond donors (Lipinski definition) is 0. The Kier molecular flexibility index (Phi) is 11.5. The van der Waals surface area contributed by atoms with E-state index in [4.69, 9.17) is 0 Å². The Morgan fingerprint density at radius 1 is 0.367 bits per heavy atom. The molecule has 288 valence electrons. The zero-order chi connectivity index (χ0) is 41.3. The van der Waals surface area contributed by atoms with Crippen molar-refractivity contribution >= 4 is 69.7 Å². The molecule has 0 unspecified atom stereocenters. The smallest absolute Gasteiger partial charge is 0.258 e. The fraction of sp³-hybridized carbons (Fsp3) is 0. The highest BCUT2D eigenvalue weighted by Gasteiger charge is 2.11. The van der Waals surface area contributed by atoms with Gasteiger partial charge >= 0.3 is 0 Å². The molecule has 60 heavy (non-hydrogen) atoms. The van der Waals surface area contributed by atoms with Crippen molar-refractivity contribution in [3.05, 3.63) is 270 Å². The highest BCUT2D eigenvalue weighted by atomic mass is 16.6. The van der Waals surface area contributed by atoms with Gasteiger partial charge in [-0.15, -0.1) is 0 Å². The molecule has 0 aromatic heterocycles. The molecule has 0 aliphatic heterocycles. The van der Waals surface area contributed by atoms with Crippen molar-refractivity contribution in [2.75, 3.05) is 0 Å². The van der Waals surface area contributed by atoms with Crippen molar-refractivity contribution in [2.24, 2.45) is 0 Å². The summed E-state index contributed by atoms with van der Waals surface area (Å²) < 4.78 is 0. The summed E-state index contributed by atoms with van der Waals surface area (Å²) in [5.41, 5.74) is 12.3. The SMILES string of the molecule is O=[N+]([O-])c1ccc(/C(=C/c2ccc(/C=C/c3ccc4ccccc4c3/C=C/c3ccc(/C=C(\c4ccccc4)c4ccc([N+](=O)[O-])cc4)cc3)cc2)c2ccccc2)cc1. The molecule has 0 saturated heterocycles. The lowest BCUT2D eigenvalue weighted by molar-refractivity contribution is -0.385. The predicted molar refractivity (Wildman–Crippen MR) is 248 cm³/mol. The van der Waals surface area contributed by atoms with Crippen LogP contribution in [0, 0.1) is 20.2 Å². The minimum absolute atomic E-state index is 0.0618. The van der Waals surface area contributed by atoms with Gasteiger partial charge in [0, 0.05) is 24.3 Å². The van der Waals surface area contributed by atoms with Gasteiger partial charge in [0.05, 0.1) is 9.85 Å². The Morgan fingerprint density at radius 3 is 1.23 bits per heavy atom. The average Bonchev–Trinajstić information content (AvgIpc) is 3.30. The van der Waals surface area contributed by atoms with E-state index in [9.17, 15) is 20.2 Å².